The number of hydrogen-bond acceptors (Lipinski definition) is 3. The molecule has 1 aromatic heterocycles. The van der Waals surface area contributed by atoms with Gasteiger partial charge in [-0.3, -0.25) is 4.98 Å². The van der Waals surface area contributed by atoms with Crippen molar-refractivity contribution in [1.29, 1.82) is 0 Å². The van der Waals surface area contributed by atoms with Crippen LogP contribution in [-0.2, 0) is 4.79 Å². The van der Waals surface area contributed by atoms with Crippen LogP contribution in [0, 0.1) is 35.4 Å². The van der Waals surface area contributed by atoms with Crippen molar-refractivity contribution in [2.24, 2.45) is 29.6 Å². The summed E-state index contributed by atoms with van der Waals surface area (Å²) in [6, 6.07) is 10.5. The first-order chi connectivity index (χ1) is 14.7. The Hall–Kier alpha value is -2.33. The fourth-order valence-electron chi connectivity index (χ4n) is 5.69. The number of fused-ring (bicyclic) bond motifs is 1. The van der Waals surface area contributed by atoms with Gasteiger partial charge in [0.2, 0.25) is 0 Å². The summed E-state index contributed by atoms with van der Waals surface area (Å²) >= 11 is 0. The third kappa shape index (κ3) is 4.54. The van der Waals surface area contributed by atoms with Crippen LogP contribution in [0.3, 0.4) is 0 Å². The topological polar surface area (TPSA) is 42.0 Å². The predicted molar refractivity (Wildman–Crippen MR) is 119 cm³/mol. The van der Waals surface area contributed by atoms with Gasteiger partial charge in [0.1, 0.15) is 12.1 Å². The molecule has 3 unspecified atom stereocenters. The summed E-state index contributed by atoms with van der Waals surface area (Å²) in [4.78, 5) is 16.6. The Balaban J connectivity index is 1.54. The standard InChI is InChI=1S/C26H31FN2O/c1-28-15-21-13-19-5-2-3-8-24(19)25(26(21)17-30)12-11-23-10-9-20(16-29-23)18-6-4-7-22(27)14-18/h4,6-7,9-12,14,16-17,19,21,24-26,28H,2-3,5,8,13,15H2,1H3/b12-11+/t19?,21-,24?,25?,26+/m1/s1. The van der Waals surface area contributed by atoms with Crippen LogP contribution < -0.4 is 5.32 Å². The van der Waals surface area contributed by atoms with Crippen molar-refractivity contribution in [3.8, 4) is 11.1 Å². The Bertz CT molecular complexity index is 879. The maximum absolute atomic E-state index is 13.5. The van der Waals surface area contributed by atoms with E-state index >= 15 is 0 Å². The van der Waals surface area contributed by atoms with Crippen LogP contribution in [0.5, 0.6) is 0 Å². The van der Waals surface area contributed by atoms with E-state index in [9.17, 15) is 9.18 Å². The lowest BCUT2D eigenvalue weighted by molar-refractivity contribution is -0.117. The number of pyridine rings is 1. The molecule has 0 amide bonds. The summed E-state index contributed by atoms with van der Waals surface area (Å²) in [5.41, 5.74) is 2.60. The quantitative estimate of drug-likeness (QED) is 0.655. The summed E-state index contributed by atoms with van der Waals surface area (Å²) in [6.07, 6.45) is 13.6. The van der Waals surface area contributed by atoms with E-state index in [0.717, 1.165) is 29.3 Å². The van der Waals surface area contributed by atoms with Gasteiger partial charge in [0.15, 0.2) is 0 Å². The van der Waals surface area contributed by atoms with Crippen LogP contribution in [0.4, 0.5) is 4.39 Å². The molecule has 0 radical (unpaired) electrons. The van der Waals surface area contributed by atoms with Crippen molar-refractivity contribution >= 4 is 12.4 Å². The SMILES string of the molecule is CNC[C@H]1CC2CCCCC2C(/C=C/c2ccc(-c3cccc(F)c3)cn2)[C@H]1C=O. The van der Waals surface area contributed by atoms with E-state index < -0.39 is 0 Å². The fraction of sp³-hybridized carbons (Fsp3) is 0.462. The minimum Gasteiger partial charge on any atom is -0.319 e. The zero-order chi connectivity index (χ0) is 20.9. The van der Waals surface area contributed by atoms with E-state index in [2.05, 4.69) is 22.5 Å². The van der Waals surface area contributed by atoms with Gasteiger partial charge in [-0.25, -0.2) is 4.39 Å². The molecule has 1 aromatic carbocycles. The lowest BCUT2D eigenvalue weighted by atomic mass is 9.58. The van der Waals surface area contributed by atoms with Crippen LogP contribution >= 0.6 is 0 Å². The molecule has 2 fully saturated rings. The van der Waals surface area contributed by atoms with E-state index in [4.69, 9.17) is 0 Å². The van der Waals surface area contributed by atoms with E-state index in [0.29, 0.717) is 11.8 Å². The van der Waals surface area contributed by atoms with Gasteiger partial charge in [-0.05, 0) is 79.9 Å². The Labute approximate surface area is 178 Å². The largest absolute Gasteiger partial charge is 0.319 e. The Morgan fingerprint density at radius 1 is 1.13 bits per heavy atom. The number of aldehydes is 1. The highest BCUT2D eigenvalue weighted by molar-refractivity contribution is 5.64. The molecule has 0 spiro atoms. The van der Waals surface area contributed by atoms with Crippen LogP contribution in [0.2, 0.25) is 0 Å². The highest BCUT2D eigenvalue weighted by Crippen LogP contribution is 2.48. The molecule has 3 nitrogen and oxygen atoms in total. The molecule has 1 N–H and O–H groups in total. The van der Waals surface area contributed by atoms with Gasteiger partial charge in [-0.2, -0.15) is 0 Å². The third-order valence-corrected chi connectivity index (χ3v) is 7.11. The number of allylic oxidation sites excluding steroid dienone is 1. The highest BCUT2D eigenvalue weighted by atomic mass is 19.1. The molecule has 2 aliphatic rings. The number of hydrogen-bond donors (Lipinski definition) is 1. The van der Waals surface area contributed by atoms with E-state index in [1.807, 2.05) is 25.2 Å². The number of nitrogens with one attached hydrogen (secondary N) is 1. The maximum atomic E-state index is 13.5. The van der Waals surface area contributed by atoms with Crippen LogP contribution in [-0.4, -0.2) is 24.9 Å². The fourth-order valence-corrected chi connectivity index (χ4v) is 5.69. The van der Waals surface area contributed by atoms with Gasteiger partial charge in [0.25, 0.3) is 0 Å². The number of halogens is 1. The molecule has 2 saturated carbocycles. The third-order valence-electron chi connectivity index (χ3n) is 7.11. The van der Waals surface area contributed by atoms with Crippen molar-refractivity contribution in [2.45, 2.75) is 32.1 Å². The average molecular weight is 407 g/mol. The van der Waals surface area contributed by atoms with Crippen molar-refractivity contribution in [3.63, 3.8) is 0 Å². The first kappa shape index (κ1) is 20.9. The summed E-state index contributed by atoms with van der Waals surface area (Å²) in [6.45, 7) is 0.900. The van der Waals surface area contributed by atoms with E-state index in [1.165, 1.54) is 50.5 Å². The van der Waals surface area contributed by atoms with Gasteiger partial charge in [0.05, 0.1) is 5.69 Å². The van der Waals surface area contributed by atoms with Crippen LogP contribution in [0.1, 0.15) is 37.8 Å². The lowest BCUT2D eigenvalue weighted by Crippen LogP contribution is -2.44. The zero-order valence-electron chi connectivity index (χ0n) is 17.6. The second kappa shape index (κ2) is 9.65. The molecule has 0 saturated heterocycles. The summed E-state index contributed by atoms with van der Waals surface area (Å²) in [5.74, 6) is 1.84. The number of aromatic nitrogens is 1. The highest BCUT2D eigenvalue weighted by Gasteiger charge is 2.43. The molecule has 0 aliphatic heterocycles. The maximum Gasteiger partial charge on any atom is 0.123 e. The van der Waals surface area contributed by atoms with Gasteiger partial charge >= 0.3 is 0 Å². The van der Waals surface area contributed by atoms with Gasteiger partial charge < -0.3 is 10.1 Å². The Kier molecular flexibility index (Phi) is 6.73. The van der Waals surface area contributed by atoms with Crippen molar-refractivity contribution in [3.05, 3.63) is 60.2 Å². The predicted octanol–water partition coefficient (Wildman–Crippen LogP) is 5.38. The van der Waals surface area contributed by atoms with Crippen molar-refractivity contribution < 1.29 is 9.18 Å². The molecular weight excluding hydrogens is 375 g/mol. The van der Waals surface area contributed by atoms with E-state index in [1.54, 1.807) is 12.3 Å². The normalized spacial score (nSPS) is 28.9. The van der Waals surface area contributed by atoms with Gasteiger partial charge in [-0.15, -0.1) is 0 Å². The molecule has 5 atom stereocenters. The molecule has 0 bridgehead atoms. The van der Waals surface area contributed by atoms with Crippen LogP contribution in [0.25, 0.3) is 17.2 Å². The zero-order valence-corrected chi connectivity index (χ0v) is 17.6. The minimum absolute atomic E-state index is 0.0691. The van der Waals surface area contributed by atoms with Gasteiger partial charge in [0, 0.05) is 17.7 Å². The first-order valence-corrected chi connectivity index (χ1v) is 11.2. The summed E-state index contributed by atoms with van der Waals surface area (Å²) < 4.78 is 13.5. The molecule has 2 aromatic rings. The molecule has 30 heavy (non-hydrogen) atoms. The lowest BCUT2D eigenvalue weighted by Gasteiger charge is -2.47. The summed E-state index contributed by atoms with van der Waals surface area (Å²) in [5, 5.41) is 3.30. The second-order valence-electron chi connectivity index (χ2n) is 8.89. The Morgan fingerprint density at radius 3 is 2.73 bits per heavy atom. The van der Waals surface area contributed by atoms with Crippen LogP contribution in [0.15, 0.2) is 48.7 Å². The minimum atomic E-state index is -0.244. The molecule has 158 valence electrons. The number of rotatable bonds is 6. The average Bonchev–Trinajstić information content (AvgIpc) is 2.78. The molecule has 4 heteroatoms. The number of carbonyl (C=O) groups excluding carboxylic acids is 1. The molecule has 2 aliphatic carbocycles. The number of nitrogens with zero attached hydrogens (tertiary/aromatic N) is 1. The van der Waals surface area contributed by atoms with Gasteiger partial charge in [-0.1, -0.05) is 43.5 Å². The van der Waals surface area contributed by atoms with Crippen molar-refractivity contribution in [2.75, 3.05) is 13.6 Å². The molecule has 1 heterocycles. The monoisotopic (exact) mass is 406 g/mol. The summed E-state index contributed by atoms with van der Waals surface area (Å²) in [7, 11) is 1.98. The second-order valence-corrected chi connectivity index (χ2v) is 8.89. The van der Waals surface area contributed by atoms with E-state index in [-0.39, 0.29) is 17.7 Å². The smallest absolute Gasteiger partial charge is 0.123 e. The number of benzene rings is 1. The first-order valence-electron chi connectivity index (χ1n) is 11.2. The molecule has 4 rings (SSSR count). The Morgan fingerprint density at radius 2 is 2.00 bits per heavy atom. The molecular formula is C26H31FN2O. The van der Waals surface area contributed by atoms with Crippen molar-refractivity contribution in [1.82, 2.24) is 10.3 Å². The number of carbonyl (C=O) groups is 1.